The fourth-order valence-electron chi connectivity index (χ4n) is 1.87. The van der Waals surface area contributed by atoms with Gasteiger partial charge in [0, 0.05) is 43.3 Å². The van der Waals surface area contributed by atoms with Crippen LogP contribution in [0.3, 0.4) is 0 Å². The summed E-state index contributed by atoms with van der Waals surface area (Å²) in [7, 11) is 4.11. The predicted molar refractivity (Wildman–Crippen MR) is 91.6 cm³/mol. The number of hydrogen-bond acceptors (Lipinski definition) is 5. The Morgan fingerprint density at radius 3 is 2.33 bits per heavy atom. The third-order valence-corrected chi connectivity index (χ3v) is 3.91. The highest BCUT2D eigenvalue weighted by molar-refractivity contribution is 7.09. The molecule has 114 valence electrons. The minimum atomic E-state index is 0.0123. The number of rotatable bonds is 5. The smallest absolute Gasteiger partial charge is 0.202 e. The quantitative estimate of drug-likeness (QED) is 0.917. The summed E-state index contributed by atoms with van der Waals surface area (Å²) in [6, 6.07) is 8.66. The molecule has 0 unspecified atom stereocenters. The van der Waals surface area contributed by atoms with E-state index < -0.39 is 0 Å². The van der Waals surface area contributed by atoms with Crippen molar-refractivity contribution in [1.29, 1.82) is 0 Å². The van der Waals surface area contributed by atoms with Gasteiger partial charge in [-0.3, -0.25) is 0 Å². The first-order chi connectivity index (χ1) is 9.86. The molecule has 0 spiro atoms. The zero-order valence-electron chi connectivity index (χ0n) is 13.5. The first-order valence-corrected chi connectivity index (χ1v) is 7.98. The van der Waals surface area contributed by atoms with Crippen LogP contribution < -0.4 is 10.2 Å². The van der Waals surface area contributed by atoms with Crippen LogP contribution in [0.25, 0.3) is 0 Å². The number of benzene rings is 1. The van der Waals surface area contributed by atoms with Gasteiger partial charge in [-0.1, -0.05) is 32.9 Å². The lowest BCUT2D eigenvalue weighted by Crippen LogP contribution is -2.13. The van der Waals surface area contributed by atoms with Gasteiger partial charge in [0.15, 0.2) is 0 Å². The summed E-state index contributed by atoms with van der Waals surface area (Å²) in [6.45, 7) is 7.27. The van der Waals surface area contributed by atoms with E-state index in [0.717, 1.165) is 23.9 Å². The summed E-state index contributed by atoms with van der Waals surface area (Å²) in [5.74, 6) is 0.908. The highest BCUT2D eigenvalue weighted by atomic mass is 32.1. The van der Waals surface area contributed by atoms with Crippen molar-refractivity contribution in [1.82, 2.24) is 9.36 Å². The summed E-state index contributed by atoms with van der Waals surface area (Å²) >= 11 is 1.44. The molecular formula is C16H24N4S. The maximum atomic E-state index is 4.54. The molecule has 1 aromatic carbocycles. The summed E-state index contributed by atoms with van der Waals surface area (Å²) in [5.41, 5.74) is 2.57. The molecule has 0 atom stereocenters. The van der Waals surface area contributed by atoms with E-state index in [1.807, 2.05) is 0 Å². The topological polar surface area (TPSA) is 41.0 Å². The zero-order chi connectivity index (χ0) is 15.5. The fraction of sp³-hybridized carbons (Fsp3) is 0.500. The monoisotopic (exact) mass is 304 g/mol. The molecule has 0 aliphatic carbocycles. The Kier molecular flexibility index (Phi) is 4.83. The third kappa shape index (κ3) is 4.43. The number of hydrogen-bond donors (Lipinski definition) is 1. The summed E-state index contributed by atoms with van der Waals surface area (Å²) in [4.78, 5) is 6.65. The van der Waals surface area contributed by atoms with Gasteiger partial charge in [-0.2, -0.15) is 4.37 Å². The van der Waals surface area contributed by atoms with Crippen molar-refractivity contribution in [2.75, 3.05) is 30.9 Å². The van der Waals surface area contributed by atoms with Gasteiger partial charge in [0.1, 0.15) is 5.82 Å². The summed E-state index contributed by atoms with van der Waals surface area (Å²) in [6.07, 6.45) is 0.984. The van der Waals surface area contributed by atoms with Crippen molar-refractivity contribution >= 4 is 22.4 Å². The summed E-state index contributed by atoms with van der Waals surface area (Å²) < 4.78 is 4.41. The molecule has 0 aliphatic rings. The lowest BCUT2D eigenvalue weighted by Gasteiger charge is -2.13. The number of nitrogens with one attached hydrogen (secondary N) is 1. The minimum absolute atomic E-state index is 0.0123. The lowest BCUT2D eigenvalue weighted by atomic mass is 9.96. The van der Waals surface area contributed by atoms with E-state index in [1.54, 1.807) is 0 Å². The Morgan fingerprint density at radius 2 is 1.81 bits per heavy atom. The normalized spacial score (nSPS) is 11.5. The fourth-order valence-corrected chi connectivity index (χ4v) is 2.66. The standard InChI is InChI=1S/C16H24N4S/c1-16(2,3)14-18-15(21-19-14)17-11-10-12-6-8-13(9-7-12)20(4)5/h6-9H,10-11H2,1-5H3,(H,17,18,19). The molecule has 1 heterocycles. The van der Waals surface area contributed by atoms with E-state index in [-0.39, 0.29) is 5.41 Å². The Hall–Kier alpha value is -1.62. The van der Waals surface area contributed by atoms with E-state index >= 15 is 0 Å². The van der Waals surface area contributed by atoms with Crippen LogP contribution in [0.15, 0.2) is 24.3 Å². The minimum Gasteiger partial charge on any atom is -0.378 e. The molecule has 21 heavy (non-hydrogen) atoms. The van der Waals surface area contributed by atoms with Gasteiger partial charge in [-0.05, 0) is 24.1 Å². The molecule has 1 aromatic heterocycles. The molecule has 5 heteroatoms. The van der Waals surface area contributed by atoms with Crippen molar-refractivity contribution in [2.45, 2.75) is 32.6 Å². The van der Waals surface area contributed by atoms with E-state index in [1.165, 1.54) is 22.8 Å². The Balaban J connectivity index is 1.85. The molecule has 2 aromatic rings. The van der Waals surface area contributed by atoms with Crippen LogP contribution in [0.1, 0.15) is 32.2 Å². The van der Waals surface area contributed by atoms with Crippen LogP contribution >= 0.6 is 11.5 Å². The molecule has 0 bridgehead atoms. The van der Waals surface area contributed by atoms with Gasteiger partial charge in [0.2, 0.25) is 5.13 Å². The highest BCUT2D eigenvalue weighted by Gasteiger charge is 2.19. The molecular weight excluding hydrogens is 280 g/mol. The number of aromatic nitrogens is 2. The largest absolute Gasteiger partial charge is 0.378 e. The molecule has 4 nitrogen and oxygen atoms in total. The predicted octanol–water partition coefficient (Wildman–Crippen LogP) is 3.56. The first kappa shape index (κ1) is 15.8. The first-order valence-electron chi connectivity index (χ1n) is 7.20. The summed E-state index contributed by atoms with van der Waals surface area (Å²) in [5, 5.41) is 4.26. The van der Waals surface area contributed by atoms with E-state index in [9.17, 15) is 0 Å². The average molecular weight is 304 g/mol. The van der Waals surface area contributed by atoms with Crippen LogP contribution in [0.2, 0.25) is 0 Å². The molecule has 0 fully saturated rings. The van der Waals surface area contributed by atoms with E-state index in [4.69, 9.17) is 0 Å². The van der Waals surface area contributed by atoms with Crippen LogP contribution in [0.4, 0.5) is 10.8 Å². The Bertz CT molecular complexity index is 567. The number of nitrogens with zero attached hydrogens (tertiary/aromatic N) is 3. The van der Waals surface area contributed by atoms with Gasteiger partial charge in [-0.15, -0.1) is 0 Å². The molecule has 0 amide bonds. The molecule has 1 N–H and O–H groups in total. The SMILES string of the molecule is CN(C)c1ccc(CCNc2nc(C(C)(C)C)ns2)cc1. The average Bonchev–Trinajstić information content (AvgIpc) is 2.88. The Labute approximate surface area is 131 Å². The molecule has 0 radical (unpaired) electrons. The molecule has 2 rings (SSSR count). The second kappa shape index (κ2) is 6.43. The van der Waals surface area contributed by atoms with Crippen molar-refractivity contribution in [3.63, 3.8) is 0 Å². The second-order valence-electron chi connectivity index (χ2n) is 6.41. The molecule has 0 aliphatic heterocycles. The number of anilines is 2. The highest BCUT2D eigenvalue weighted by Crippen LogP contribution is 2.22. The van der Waals surface area contributed by atoms with E-state index in [2.05, 4.69) is 78.7 Å². The Morgan fingerprint density at radius 1 is 1.14 bits per heavy atom. The van der Waals surface area contributed by atoms with Crippen LogP contribution in [0.5, 0.6) is 0 Å². The van der Waals surface area contributed by atoms with Crippen LogP contribution in [-0.4, -0.2) is 30.0 Å². The maximum absolute atomic E-state index is 4.54. The third-order valence-electron chi connectivity index (χ3n) is 3.24. The molecule has 0 saturated carbocycles. The zero-order valence-corrected chi connectivity index (χ0v) is 14.3. The van der Waals surface area contributed by atoms with Crippen LogP contribution in [-0.2, 0) is 11.8 Å². The maximum Gasteiger partial charge on any atom is 0.202 e. The molecule has 0 saturated heterocycles. The van der Waals surface area contributed by atoms with Gasteiger partial charge < -0.3 is 10.2 Å². The van der Waals surface area contributed by atoms with Crippen LogP contribution in [0, 0.1) is 0 Å². The van der Waals surface area contributed by atoms with Gasteiger partial charge in [0.05, 0.1) is 0 Å². The second-order valence-corrected chi connectivity index (χ2v) is 7.16. The van der Waals surface area contributed by atoms with Crippen molar-refractivity contribution < 1.29 is 0 Å². The van der Waals surface area contributed by atoms with Gasteiger partial charge >= 0.3 is 0 Å². The van der Waals surface area contributed by atoms with Gasteiger partial charge in [-0.25, -0.2) is 4.98 Å². The van der Waals surface area contributed by atoms with E-state index in [0.29, 0.717) is 0 Å². The lowest BCUT2D eigenvalue weighted by molar-refractivity contribution is 0.555. The van der Waals surface area contributed by atoms with Gasteiger partial charge in [0.25, 0.3) is 0 Å². The van der Waals surface area contributed by atoms with Crippen molar-refractivity contribution in [2.24, 2.45) is 0 Å². The van der Waals surface area contributed by atoms with Crippen molar-refractivity contribution in [3.8, 4) is 0 Å². The van der Waals surface area contributed by atoms with Crippen molar-refractivity contribution in [3.05, 3.63) is 35.7 Å².